The molecule has 1 aromatic rings. The number of nitrogens with one attached hydrogen (secondary N) is 1. The lowest BCUT2D eigenvalue weighted by molar-refractivity contribution is -0.132. The SMILES string of the molecule is O=C(CC1CCCN1)N(CCc1cccc(F)c1)C1CC1. The number of hydrogen-bond acceptors (Lipinski definition) is 2. The highest BCUT2D eigenvalue weighted by Gasteiger charge is 2.33. The molecule has 1 amide bonds. The van der Waals surface area contributed by atoms with Gasteiger partial charge in [0.2, 0.25) is 5.91 Å². The third-order valence-corrected chi connectivity index (χ3v) is 4.42. The van der Waals surface area contributed by atoms with Crippen molar-refractivity contribution in [3.8, 4) is 0 Å². The van der Waals surface area contributed by atoms with Gasteiger partial charge in [-0.2, -0.15) is 0 Å². The van der Waals surface area contributed by atoms with Crippen LogP contribution in [-0.4, -0.2) is 36.0 Å². The van der Waals surface area contributed by atoms with Gasteiger partial charge in [-0.05, 0) is 56.3 Å². The summed E-state index contributed by atoms with van der Waals surface area (Å²) >= 11 is 0. The van der Waals surface area contributed by atoms with Crippen molar-refractivity contribution in [3.05, 3.63) is 35.6 Å². The quantitative estimate of drug-likeness (QED) is 0.873. The molecule has 1 atom stereocenters. The Morgan fingerprint density at radius 1 is 1.33 bits per heavy atom. The predicted octanol–water partition coefficient (Wildman–Crippen LogP) is 2.50. The largest absolute Gasteiger partial charge is 0.339 e. The molecule has 114 valence electrons. The zero-order valence-corrected chi connectivity index (χ0v) is 12.4. The molecule has 1 aromatic carbocycles. The zero-order chi connectivity index (χ0) is 14.7. The van der Waals surface area contributed by atoms with Crippen LogP contribution in [0, 0.1) is 5.82 Å². The second-order valence-electron chi connectivity index (χ2n) is 6.20. The number of nitrogens with zero attached hydrogens (tertiary/aromatic N) is 1. The molecule has 1 heterocycles. The van der Waals surface area contributed by atoms with Crippen molar-refractivity contribution < 1.29 is 9.18 Å². The van der Waals surface area contributed by atoms with Gasteiger partial charge in [0.05, 0.1) is 0 Å². The van der Waals surface area contributed by atoms with Gasteiger partial charge in [-0.25, -0.2) is 4.39 Å². The standard InChI is InChI=1S/C17H23FN2O/c18-14-4-1-3-13(11-14)8-10-20(16-6-7-16)17(21)12-15-5-2-9-19-15/h1,3-4,11,15-16,19H,2,5-10,12H2. The number of halogens is 1. The van der Waals surface area contributed by atoms with Crippen LogP contribution in [0.3, 0.4) is 0 Å². The molecule has 0 radical (unpaired) electrons. The summed E-state index contributed by atoms with van der Waals surface area (Å²) < 4.78 is 13.2. The van der Waals surface area contributed by atoms with Crippen molar-refractivity contribution in [2.45, 2.75) is 50.6 Å². The van der Waals surface area contributed by atoms with Crippen LogP contribution in [-0.2, 0) is 11.2 Å². The molecular weight excluding hydrogens is 267 g/mol. The molecule has 1 N–H and O–H groups in total. The van der Waals surface area contributed by atoms with E-state index in [4.69, 9.17) is 0 Å². The minimum Gasteiger partial charge on any atom is -0.339 e. The number of benzene rings is 1. The summed E-state index contributed by atoms with van der Waals surface area (Å²) in [4.78, 5) is 14.5. The molecule has 2 fully saturated rings. The van der Waals surface area contributed by atoms with E-state index in [1.807, 2.05) is 11.0 Å². The van der Waals surface area contributed by atoms with Crippen LogP contribution >= 0.6 is 0 Å². The van der Waals surface area contributed by atoms with Crippen molar-refractivity contribution in [2.75, 3.05) is 13.1 Å². The molecule has 0 spiro atoms. The Morgan fingerprint density at radius 3 is 2.86 bits per heavy atom. The Balaban J connectivity index is 1.55. The molecule has 1 saturated heterocycles. The first-order valence-corrected chi connectivity index (χ1v) is 7.99. The molecule has 3 rings (SSSR count). The van der Waals surface area contributed by atoms with E-state index in [-0.39, 0.29) is 11.7 Å². The predicted molar refractivity (Wildman–Crippen MR) is 80.5 cm³/mol. The smallest absolute Gasteiger partial charge is 0.224 e. The number of hydrogen-bond donors (Lipinski definition) is 1. The lowest BCUT2D eigenvalue weighted by Crippen LogP contribution is -2.38. The molecule has 3 nitrogen and oxygen atoms in total. The van der Waals surface area contributed by atoms with E-state index in [2.05, 4.69) is 5.32 Å². The Labute approximate surface area is 125 Å². The Bertz CT molecular complexity index is 495. The summed E-state index contributed by atoms with van der Waals surface area (Å²) in [6.45, 7) is 1.74. The minimum atomic E-state index is -0.202. The Morgan fingerprint density at radius 2 is 2.19 bits per heavy atom. The summed E-state index contributed by atoms with van der Waals surface area (Å²) in [5.74, 6) is 0.0558. The van der Waals surface area contributed by atoms with Crippen LogP contribution in [0.2, 0.25) is 0 Å². The van der Waals surface area contributed by atoms with Crippen molar-refractivity contribution in [1.82, 2.24) is 10.2 Å². The van der Waals surface area contributed by atoms with E-state index in [0.717, 1.165) is 37.8 Å². The number of amides is 1. The lowest BCUT2D eigenvalue weighted by atomic mass is 10.1. The van der Waals surface area contributed by atoms with Crippen LogP contribution in [0.25, 0.3) is 0 Å². The molecule has 4 heteroatoms. The maximum absolute atomic E-state index is 13.2. The first-order chi connectivity index (χ1) is 10.2. The van der Waals surface area contributed by atoms with Crippen LogP contribution in [0.1, 0.15) is 37.7 Å². The van der Waals surface area contributed by atoms with Crippen molar-refractivity contribution in [1.29, 1.82) is 0 Å². The highest BCUT2D eigenvalue weighted by atomic mass is 19.1. The van der Waals surface area contributed by atoms with Gasteiger partial charge in [-0.15, -0.1) is 0 Å². The van der Waals surface area contributed by atoms with E-state index < -0.39 is 0 Å². The van der Waals surface area contributed by atoms with Gasteiger partial charge in [0.15, 0.2) is 0 Å². The van der Waals surface area contributed by atoms with Gasteiger partial charge in [0, 0.05) is 25.0 Å². The first-order valence-electron chi connectivity index (χ1n) is 7.99. The van der Waals surface area contributed by atoms with Gasteiger partial charge in [0.25, 0.3) is 0 Å². The van der Waals surface area contributed by atoms with E-state index in [9.17, 15) is 9.18 Å². The van der Waals surface area contributed by atoms with Crippen LogP contribution in [0.15, 0.2) is 24.3 Å². The second-order valence-corrected chi connectivity index (χ2v) is 6.20. The van der Waals surface area contributed by atoms with Crippen LogP contribution in [0.4, 0.5) is 4.39 Å². The summed E-state index contributed by atoms with van der Waals surface area (Å²) in [7, 11) is 0. The highest BCUT2D eigenvalue weighted by molar-refractivity contribution is 5.77. The van der Waals surface area contributed by atoms with E-state index in [1.54, 1.807) is 12.1 Å². The van der Waals surface area contributed by atoms with Gasteiger partial charge in [0.1, 0.15) is 5.82 Å². The fraction of sp³-hybridized carbons (Fsp3) is 0.588. The number of carbonyl (C=O) groups excluding carboxylic acids is 1. The lowest BCUT2D eigenvalue weighted by Gasteiger charge is -2.24. The van der Waals surface area contributed by atoms with E-state index in [0.29, 0.717) is 25.0 Å². The molecular formula is C17H23FN2O. The van der Waals surface area contributed by atoms with Crippen LogP contribution < -0.4 is 5.32 Å². The first kappa shape index (κ1) is 14.5. The fourth-order valence-corrected chi connectivity index (χ4v) is 3.10. The normalized spacial score (nSPS) is 21.5. The molecule has 1 aliphatic carbocycles. The average molecular weight is 290 g/mol. The molecule has 1 aliphatic heterocycles. The second kappa shape index (κ2) is 6.56. The molecule has 2 aliphatic rings. The van der Waals surface area contributed by atoms with Gasteiger partial charge in [-0.1, -0.05) is 12.1 Å². The maximum atomic E-state index is 13.2. The van der Waals surface area contributed by atoms with Gasteiger partial charge < -0.3 is 10.2 Å². The van der Waals surface area contributed by atoms with Crippen molar-refractivity contribution >= 4 is 5.91 Å². The molecule has 1 unspecified atom stereocenters. The monoisotopic (exact) mass is 290 g/mol. The Hall–Kier alpha value is -1.42. The topological polar surface area (TPSA) is 32.3 Å². The highest BCUT2D eigenvalue weighted by Crippen LogP contribution is 2.28. The number of carbonyl (C=O) groups is 1. The van der Waals surface area contributed by atoms with Gasteiger partial charge in [-0.3, -0.25) is 4.79 Å². The summed E-state index contributed by atoms with van der Waals surface area (Å²) in [5, 5.41) is 3.39. The third-order valence-electron chi connectivity index (χ3n) is 4.42. The number of rotatable bonds is 6. The Kier molecular flexibility index (Phi) is 4.54. The summed E-state index contributed by atoms with van der Waals surface area (Å²) in [5.41, 5.74) is 0.965. The van der Waals surface area contributed by atoms with Gasteiger partial charge >= 0.3 is 0 Å². The van der Waals surface area contributed by atoms with E-state index >= 15 is 0 Å². The van der Waals surface area contributed by atoms with E-state index in [1.165, 1.54) is 12.5 Å². The average Bonchev–Trinajstić information content (AvgIpc) is 3.16. The summed E-state index contributed by atoms with van der Waals surface area (Å²) in [6.07, 6.45) is 5.86. The molecule has 1 saturated carbocycles. The van der Waals surface area contributed by atoms with Crippen molar-refractivity contribution in [2.24, 2.45) is 0 Å². The molecule has 0 aromatic heterocycles. The van der Waals surface area contributed by atoms with Crippen molar-refractivity contribution in [3.63, 3.8) is 0 Å². The molecule has 0 bridgehead atoms. The zero-order valence-electron chi connectivity index (χ0n) is 12.4. The third kappa shape index (κ3) is 4.03. The van der Waals surface area contributed by atoms with Crippen LogP contribution in [0.5, 0.6) is 0 Å². The minimum absolute atomic E-state index is 0.202. The molecule has 21 heavy (non-hydrogen) atoms. The summed E-state index contributed by atoms with van der Waals surface area (Å²) in [6, 6.07) is 7.46. The fourth-order valence-electron chi connectivity index (χ4n) is 3.10. The maximum Gasteiger partial charge on any atom is 0.224 e.